The number of nitrogens with one attached hydrogen (secondary N) is 1. The smallest absolute Gasteiger partial charge is 0.241 e. The molecule has 0 aliphatic rings. The summed E-state index contributed by atoms with van der Waals surface area (Å²) in [6, 6.07) is 0.0920. The summed E-state index contributed by atoms with van der Waals surface area (Å²) in [4.78, 5) is 11.7. The Morgan fingerprint density at radius 2 is 2.29 bits per heavy atom. The lowest BCUT2D eigenvalue weighted by Crippen LogP contribution is -2.35. The van der Waals surface area contributed by atoms with Crippen LogP contribution in [-0.4, -0.2) is 21.7 Å². The van der Waals surface area contributed by atoms with Crippen molar-refractivity contribution in [3.05, 3.63) is 24.0 Å². The maximum Gasteiger partial charge on any atom is 0.241 e. The number of hydrogen-bond acceptors (Lipinski definition) is 3. The lowest BCUT2D eigenvalue weighted by Gasteiger charge is -2.12. The van der Waals surface area contributed by atoms with Gasteiger partial charge >= 0.3 is 0 Å². The molecular formula is C12H20N4O. The lowest BCUT2D eigenvalue weighted by atomic mass is 10.2. The summed E-state index contributed by atoms with van der Waals surface area (Å²) in [6.45, 7) is 9.46. The third-order valence-electron chi connectivity index (χ3n) is 2.66. The first-order valence-electron chi connectivity index (χ1n) is 5.65. The number of nitrogens with zero attached hydrogens (tertiary/aromatic N) is 2. The molecule has 0 saturated heterocycles. The molecule has 1 amide bonds. The SMILES string of the molecule is C=CCC(C)NC(=O)Cn1nc(C)c(N)c1C. The van der Waals surface area contributed by atoms with Crippen LogP contribution in [0.2, 0.25) is 0 Å². The van der Waals surface area contributed by atoms with E-state index in [0.29, 0.717) is 5.69 Å². The Labute approximate surface area is 102 Å². The number of aryl methyl sites for hydroxylation is 1. The monoisotopic (exact) mass is 236 g/mol. The Morgan fingerprint density at radius 1 is 1.65 bits per heavy atom. The van der Waals surface area contributed by atoms with E-state index in [9.17, 15) is 4.79 Å². The van der Waals surface area contributed by atoms with Crippen molar-refractivity contribution in [2.24, 2.45) is 0 Å². The molecular weight excluding hydrogens is 216 g/mol. The van der Waals surface area contributed by atoms with E-state index in [1.54, 1.807) is 10.8 Å². The van der Waals surface area contributed by atoms with Gasteiger partial charge in [-0.05, 0) is 27.2 Å². The molecule has 5 heteroatoms. The van der Waals surface area contributed by atoms with Gasteiger partial charge in [-0.15, -0.1) is 6.58 Å². The molecule has 0 bridgehead atoms. The molecule has 1 aromatic rings. The Hall–Kier alpha value is -1.78. The van der Waals surface area contributed by atoms with Crippen molar-refractivity contribution in [2.45, 2.75) is 39.8 Å². The van der Waals surface area contributed by atoms with Crippen LogP contribution in [0.15, 0.2) is 12.7 Å². The summed E-state index contributed by atoms with van der Waals surface area (Å²) in [7, 11) is 0. The highest BCUT2D eigenvalue weighted by molar-refractivity contribution is 5.76. The van der Waals surface area contributed by atoms with Gasteiger partial charge in [0.05, 0.1) is 17.1 Å². The summed E-state index contributed by atoms with van der Waals surface area (Å²) >= 11 is 0. The molecule has 3 N–H and O–H groups in total. The van der Waals surface area contributed by atoms with Gasteiger partial charge in [-0.3, -0.25) is 9.48 Å². The number of aromatic nitrogens is 2. The van der Waals surface area contributed by atoms with E-state index in [1.807, 2.05) is 20.8 Å². The lowest BCUT2D eigenvalue weighted by molar-refractivity contribution is -0.122. The van der Waals surface area contributed by atoms with Crippen LogP contribution < -0.4 is 11.1 Å². The molecule has 17 heavy (non-hydrogen) atoms. The summed E-state index contributed by atoms with van der Waals surface area (Å²) in [5, 5.41) is 7.09. The quantitative estimate of drug-likeness (QED) is 0.753. The number of amides is 1. The zero-order valence-electron chi connectivity index (χ0n) is 10.7. The Bertz CT molecular complexity index is 422. The number of carbonyl (C=O) groups is 1. The molecule has 0 radical (unpaired) electrons. The summed E-state index contributed by atoms with van der Waals surface area (Å²) in [5.74, 6) is -0.0649. The minimum atomic E-state index is -0.0649. The van der Waals surface area contributed by atoms with Crippen molar-refractivity contribution in [3.8, 4) is 0 Å². The first-order valence-corrected chi connectivity index (χ1v) is 5.65. The average Bonchev–Trinajstić information content (AvgIpc) is 2.46. The van der Waals surface area contributed by atoms with Crippen molar-refractivity contribution < 1.29 is 4.79 Å². The number of nitrogen functional groups attached to an aromatic ring is 1. The van der Waals surface area contributed by atoms with Crippen molar-refractivity contribution >= 4 is 11.6 Å². The normalized spacial score (nSPS) is 12.2. The summed E-state index contributed by atoms with van der Waals surface area (Å²) in [6.07, 6.45) is 2.54. The van der Waals surface area contributed by atoms with E-state index in [-0.39, 0.29) is 18.5 Å². The summed E-state index contributed by atoms with van der Waals surface area (Å²) in [5.41, 5.74) is 8.04. The summed E-state index contributed by atoms with van der Waals surface area (Å²) < 4.78 is 1.63. The molecule has 0 aromatic carbocycles. The van der Waals surface area contributed by atoms with Gasteiger partial charge in [0, 0.05) is 6.04 Å². The van der Waals surface area contributed by atoms with Crippen LogP contribution in [0, 0.1) is 13.8 Å². The van der Waals surface area contributed by atoms with Crippen molar-refractivity contribution in [2.75, 3.05) is 5.73 Å². The molecule has 1 atom stereocenters. The van der Waals surface area contributed by atoms with Crippen molar-refractivity contribution in [3.63, 3.8) is 0 Å². The molecule has 1 aromatic heterocycles. The number of rotatable bonds is 5. The molecule has 0 fully saturated rings. The third-order valence-corrected chi connectivity index (χ3v) is 2.66. The van der Waals surface area contributed by atoms with Gasteiger partial charge < -0.3 is 11.1 Å². The standard InChI is InChI=1S/C12H20N4O/c1-5-6-8(2)14-11(17)7-16-10(4)12(13)9(3)15-16/h5,8H,1,6-7,13H2,2-4H3,(H,14,17). The van der Waals surface area contributed by atoms with Crippen LogP contribution >= 0.6 is 0 Å². The second kappa shape index (κ2) is 5.52. The highest BCUT2D eigenvalue weighted by Gasteiger charge is 2.12. The molecule has 5 nitrogen and oxygen atoms in total. The van der Waals surface area contributed by atoms with Crippen LogP contribution in [0.1, 0.15) is 24.7 Å². The highest BCUT2D eigenvalue weighted by atomic mass is 16.2. The largest absolute Gasteiger partial charge is 0.396 e. The number of hydrogen-bond donors (Lipinski definition) is 2. The van der Waals surface area contributed by atoms with Gasteiger partial charge in [-0.1, -0.05) is 6.08 Å². The minimum Gasteiger partial charge on any atom is -0.396 e. The van der Waals surface area contributed by atoms with E-state index in [2.05, 4.69) is 17.0 Å². The molecule has 0 aliphatic carbocycles. The number of anilines is 1. The fourth-order valence-electron chi connectivity index (χ4n) is 1.63. The Kier molecular flexibility index (Phi) is 4.31. The van der Waals surface area contributed by atoms with Gasteiger partial charge in [-0.25, -0.2) is 0 Å². The van der Waals surface area contributed by atoms with Crippen LogP contribution in [0.5, 0.6) is 0 Å². The highest BCUT2D eigenvalue weighted by Crippen LogP contribution is 2.14. The molecule has 1 rings (SSSR count). The van der Waals surface area contributed by atoms with Gasteiger partial charge in [0.25, 0.3) is 0 Å². The van der Waals surface area contributed by atoms with Gasteiger partial charge in [0.1, 0.15) is 6.54 Å². The molecule has 94 valence electrons. The minimum absolute atomic E-state index is 0.0649. The molecule has 1 heterocycles. The number of carbonyl (C=O) groups excluding carboxylic acids is 1. The second-order valence-corrected chi connectivity index (χ2v) is 4.24. The van der Waals surface area contributed by atoms with E-state index < -0.39 is 0 Å². The van der Waals surface area contributed by atoms with Crippen LogP contribution in [0.4, 0.5) is 5.69 Å². The third kappa shape index (κ3) is 3.34. The van der Waals surface area contributed by atoms with E-state index >= 15 is 0 Å². The fraction of sp³-hybridized carbons (Fsp3) is 0.500. The van der Waals surface area contributed by atoms with Crippen LogP contribution in [0.3, 0.4) is 0 Å². The second-order valence-electron chi connectivity index (χ2n) is 4.24. The molecule has 0 aliphatic heterocycles. The fourth-order valence-corrected chi connectivity index (χ4v) is 1.63. The Morgan fingerprint density at radius 3 is 2.76 bits per heavy atom. The van der Waals surface area contributed by atoms with Crippen molar-refractivity contribution in [1.82, 2.24) is 15.1 Å². The molecule has 0 saturated carbocycles. The van der Waals surface area contributed by atoms with E-state index in [4.69, 9.17) is 5.73 Å². The zero-order valence-corrected chi connectivity index (χ0v) is 10.7. The average molecular weight is 236 g/mol. The van der Waals surface area contributed by atoms with Gasteiger partial charge in [0.2, 0.25) is 5.91 Å². The number of nitrogens with two attached hydrogens (primary N) is 1. The van der Waals surface area contributed by atoms with Crippen LogP contribution in [0.25, 0.3) is 0 Å². The van der Waals surface area contributed by atoms with E-state index in [1.165, 1.54) is 0 Å². The maximum absolute atomic E-state index is 11.7. The molecule has 1 unspecified atom stereocenters. The Balaban J connectivity index is 2.62. The van der Waals surface area contributed by atoms with Crippen LogP contribution in [-0.2, 0) is 11.3 Å². The maximum atomic E-state index is 11.7. The zero-order chi connectivity index (χ0) is 13.0. The first kappa shape index (κ1) is 13.3. The predicted molar refractivity (Wildman–Crippen MR) is 68.5 cm³/mol. The predicted octanol–water partition coefficient (Wildman–Crippen LogP) is 1.16. The topological polar surface area (TPSA) is 72.9 Å². The first-order chi connectivity index (χ1) is 7.95. The van der Waals surface area contributed by atoms with Crippen molar-refractivity contribution in [1.29, 1.82) is 0 Å². The molecule has 0 spiro atoms. The van der Waals surface area contributed by atoms with Gasteiger partial charge in [-0.2, -0.15) is 5.10 Å². The van der Waals surface area contributed by atoms with E-state index in [0.717, 1.165) is 17.8 Å². The van der Waals surface area contributed by atoms with Gasteiger partial charge in [0.15, 0.2) is 0 Å².